The second-order valence-corrected chi connectivity index (χ2v) is 5.80. The fourth-order valence-corrected chi connectivity index (χ4v) is 2.69. The largest absolute Gasteiger partial charge is 0.385 e. The van der Waals surface area contributed by atoms with E-state index in [1.807, 2.05) is 61.7 Å². The van der Waals surface area contributed by atoms with Gasteiger partial charge in [-0.3, -0.25) is 4.98 Å². The molecular formula is C19H19NO. The van der Waals surface area contributed by atoms with Crippen LogP contribution in [0.25, 0.3) is 10.9 Å². The third-order valence-electron chi connectivity index (χ3n) is 3.95. The summed E-state index contributed by atoms with van der Waals surface area (Å²) in [6, 6.07) is 18.1. The zero-order valence-electron chi connectivity index (χ0n) is 12.4. The fourth-order valence-electron chi connectivity index (χ4n) is 2.69. The quantitative estimate of drug-likeness (QED) is 0.785. The van der Waals surface area contributed by atoms with Crippen LogP contribution in [0.2, 0.25) is 0 Å². The maximum atomic E-state index is 10.9. The molecule has 3 aromatic rings. The molecule has 106 valence electrons. The molecule has 21 heavy (non-hydrogen) atoms. The molecule has 0 saturated heterocycles. The number of pyridine rings is 1. The van der Waals surface area contributed by atoms with Gasteiger partial charge in [0, 0.05) is 18.0 Å². The number of fused-ring (bicyclic) bond motifs is 1. The summed E-state index contributed by atoms with van der Waals surface area (Å²) in [6.45, 7) is 3.92. The average molecular weight is 277 g/mol. The lowest BCUT2D eigenvalue weighted by Crippen LogP contribution is -2.24. The van der Waals surface area contributed by atoms with Crippen LogP contribution < -0.4 is 0 Å². The summed E-state index contributed by atoms with van der Waals surface area (Å²) < 4.78 is 0. The Labute approximate surface area is 125 Å². The van der Waals surface area contributed by atoms with Crippen LogP contribution in [0.5, 0.6) is 0 Å². The zero-order chi connectivity index (χ0) is 14.9. The van der Waals surface area contributed by atoms with Gasteiger partial charge in [-0.05, 0) is 37.1 Å². The molecule has 1 atom stereocenters. The molecule has 0 saturated carbocycles. The van der Waals surface area contributed by atoms with E-state index in [1.165, 1.54) is 5.56 Å². The molecule has 3 rings (SSSR count). The van der Waals surface area contributed by atoms with Crippen LogP contribution in [-0.2, 0) is 12.0 Å². The molecule has 0 aliphatic rings. The summed E-state index contributed by atoms with van der Waals surface area (Å²) in [7, 11) is 0. The Balaban J connectivity index is 1.99. The van der Waals surface area contributed by atoms with Gasteiger partial charge in [0.1, 0.15) is 0 Å². The molecule has 0 radical (unpaired) electrons. The first kappa shape index (κ1) is 13.8. The molecule has 2 heteroatoms. The van der Waals surface area contributed by atoms with E-state index in [4.69, 9.17) is 0 Å². The molecule has 0 amide bonds. The van der Waals surface area contributed by atoms with Crippen LogP contribution in [-0.4, -0.2) is 10.1 Å². The van der Waals surface area contributed by atoms with Gasteiger partial charge in [0.15, 0.2) is 0 Å². The Kier molecular flexibility index (Phi) is 3.48. The van der Waals surface area contributed by atoms with Crippen molar-refractivity contribution in [2.24, 2.45) is 0 Å². The molecule has 0 spiro atoms. The van der Waals surface area contributed by atoms with Crippen LogP contribution in [0.1, 0.15) is 23.6 Å². The van der Waals surface area contributed by atoms with E-state index in [0.29, 0.717) is 6.42 Å². The highest BCUT2D eigenvalue weighted by molar-refractivity contribution is 5.81. The van der Waals surface area contributed by atoms with Crippen LogP contribution in [0.4, 0.5) is 0 Å². The highest BCUT2D eigenvalue weighted by Crippen LogP contribution is 2.28. The highest BCUT2D eigenvalue weighted by Gasteiger charge is 2.24. The molecule has 0 aliphatic heterocycles. The van der Waals surface area contributed by atoms with Gasteiger partial charge in [0.2, 0.25) is 0 Å². The lowest BCUT2D eigenvalue weighted by atomic mass is 9.87. The fraction of sp³-hybridized carbons (Fsp3) is 0.211. The van der Waals surface area contributed by atoms with Gasteiger partial charge in [0.25, 0.3) is 0 Å². The Morgan fingerprint density at radius 3 is 2.48 bits per heavy atom. The summed E-state index contributed by atoms with van der Waals surface area (Å²) >= 11 is 0. The molecule has 0 aliphatic carbocycles. The van der Waals surface area contributed by atoms with Crippen LogP contribution >= 0.6 is 0 Å². The Bertz CT molecular complexity index is 755. The van der Waals surface area contributed by atoms with E-state index in [2.05, 4.69) is 18.0 Å². The first-order valence-electron chi connectivity index (χ1n) is 7.18. The Morgan fingerprint density at radius 1 is 1.00 bits per heavy atom. The zero-order valence-corrected chi connectivity index (χ0v) is 12.4. The molecule has 2 nitrogen and oxygen atoms in total. The standard InChI is InChI=1S/C19H19NO/c1-14-7-9-16(10-8-14)19(2,21)13-15-11-12-20-18-6-4-3-5-17(15)18/h3-12,21H,13H2,1-2H3. The van der Waals surface area contributed by atoms with Crippen LogP contribution in [0.3, 0.4) is 0 Å². The van der Waals surface area contributed by atoms with Gasteiger partial charge in [0.05, 0.1) is 11.1 Å². The second-order valence-electron chi connectivity index (χ2n) is 5.80. The number of aryl methyl sites for hydroxylation is 1. The van der Waals surface area contributed by atoms with Crippen LogP contribution in [0.15, 0.2) is 60.8 Å². The molecule has 0 bridgehead atoms. The average Bonchev–Trinajstić information content (AvgIpc) is 2.48. The number of para-hydroxylation sites is 1. The van der Waals surface area contributed by atoms with Crippen molar-refractivity contribution in [2.75, 3.05) is 0 Å². The van der Waals surface area contributed by atoms with Crippen molar-refractivity contribution in [3.8, 4) is 0 Å². The number of aromatic nitrogens is 1. The van der Waals surface area contributed by atoms with Gasteiger partial charge in [-0.2, -0.15) is 0 Å². The predicted octanol–water partition coefficient (Wildman–Crippen LogP) is 3.99. The molecule has 0 fully saturated rings. The number of aliphatic hydroxyl groups is 1. The van der Waals surface area contributed by atoms with Crippen LogP contribution in [0, 0.1) is 6.92 Å². The monoisotopic (exact) mass is 277 g/mol. The number of rotatable bonds is 3. The minimum absolute atomic E-state index is 0.569. The normalized spacial score (nSPS) is 14.0. The Hall–Kier alpha value is -2.19. The molecule has 1 unspecified atom stereocenters. The van der Waals surface area contributed by atoms with Crippen molar-refractivity contribution in [3.05, 3.63) is 77.5 Å². The maximum Gasteiger partial charge on any atom is 0.0908 e. The van der Waals surface area contributed by atoms with Gasteiger partial charge in [-0.15, -0.1) is 0 Å². The van der Waals surface area contributed by atoms with E-state index in [9.17, 15) is 5.11 Å². The van der Waals surface area contributed by atoms with E-state index < -0.39 is 5.60 Å². The number of benzene rings is 2. The lowest BCUT2D eigenvalue weighted by Gasteiger charge is -2.25. The summed E-state index contributed by atoms with van der Waals surface area (Å²) in [5.41, 5.74) is 3.33. The van der Waals surface area contributed by atoms with Gasteiger partial charge in [-0.25, -0.2) is 0 Å². The molecule has 1 N–H and O–H groups in total. The maximum absolute atomic E-state index is 10.9. The third-order valence-corrected chi connectivity index (χ3v) is 3.95. The highest BCUT2D eigenvalue weighted by atomic mass is 16.3. The topological polar surface area (TPSA) is 33.1 Å². The predicted molar refractivity (Wildman–Crippen MR) is 86.2 cm³/mol. The van der Waals surface area contributed by atoms with E-state index in [-0.39, 0.29) is 0 Å². The Morgan fingerprint density at radius 2 is 1.71 bits per heavy atom. The minimum Gasteiger partial charge on any atom is -0.385 e. The number of hydrogen-bond donors (Lipinski definition) is 1. The van der Waals surface area contributed by atoms with E-state index in [0.717, 1.165) is 22.0 Å². The molecule has 1 heterocycles. The molecule has 1 aromatic heterocycles. The van der Waals surface area contributed by atoms with Gasteiger partial charge in [-0.1, -0.05) is 48.0 Å². The van der Waals surface area contributed by atoms with Crippen molar-refractivity contribution in [1.29, 1.82) is 0 Å². The summed E-state index contributed by atoms with van der Waals surface area (Å²) in [5, 5.41) is 12.0. The SMILES string of the molecule is Cc1ccc(C(C)(O)Cc2ccnc3ccccc23)cc1. The van der Waals surface area contributed by atoms with Gasteiger partial charge >= 0.3 is 0 Å². The van der Waals surface area contributed by atoms with Crippen molar-refractivity contribution in [3.63, 3.8) is 0 Å². The first-order valence-corrected chi connectivity index (χ1v) is 7.18. The van der Waals surface area contributed by atoms with Crippen molar-refractivity contribution >= 4 is 10.9 Å². The number of hydrogen-bond acceptors (Lipinski definition) is 2. The minimum atomic E-state index is -0.891. The second kappa shape index (κ2) is 5.30. The van der Waals surface area contributed by atoms with Gasteiger partial charge < -0.3 is 5.11 Å². The number of nitrogens with zero attached hydrogens (tertiary/aromatic N) is 1. The smallest absolute Gasteiger partial charge is 0.0908 e. The molecular weight excluding hydrogens is 258 g/mol. The first-order chi connectivity index (χ1) is 10.1. The summed E-state index contributed by atoms with van der Waals surface area (Å²) in [4.78, 5) is 4.37. The van der Waals surface area contributed by atoms with Crippen molar-refractivity contribution in [2.45, 2.75) is 25.9 Å². The van der Waals surface area contributed by atoms with Crippen molar-refractivity contribution in [1.82, 2.24) is 4.98 Å². The summed E-state index contributed by atoms with van der Waals surface area (Å²) in [6.07, 6.45) is 2.38. The third kappa shape index (κ3) is 2.81. The summed E-state index contributed by atoms with van der Waals surface area (Å²) in [5.74, 6) is 0. The molecule has 2 aromatic carbocycles. The van der Waals surface area contributed by atoms with Crippen molar-refractivity contribution < 1.29 is 5.11 Å². The van der Waals surface area contributed by atoms with E-state index in [1.54, 1.807) is 0 Å². The lowest BCUT2D eigenvalue weighted by molar-refractivity contribution is 0.0579. The van der Waals surface area contributed by atoms with E-state index >= 15 is 0 Å².